The van der Waals surface area contributed by atoms with Gasteiger partial charge in [0.1, 0.15) is 12.4 Å². The van der Waals surface area contributed by atoms with Crippen molar-refractivity contribution >= 4 is 15.7 Å². The van der Waals surface area contributed by atoms with Crippen molar-refractivity contribution in [2.75, 3.05) is 26.2 Å². The SMILES string of the molecule is Cc1ccc([N+](=O)[O-])cc1S(=O)(=O)N1CC[NH+](Cc2ccccc2F)CC1. The number of piperazine rings is 1. The molecule has 2 aromatic carbocycles. The van der Waals surface area contributed by atoms with E-state index >= 15 is 0 Å². The molecule has 0 unspecified atom stereocenters. The maximum Gasteiger partial charge on any atom is 0.270 e. The van der Waals surface area contributed by atoms with Crippen LogP contribution in [-0.4, -0.2) is 43.8 Å². The largest absolute Gasteiger partial charge is 0.329 e. The second-order valence-corrected chi connectivity index (χ2v) is 8.54. The fourth-order valence-electron chi connectivity index (χ4n) is 3.25. The predicted molar refractivity (Wildman–Crippen MR) is 97.4 cm³/mol. The van der Waals surface area contributed by atoms with Crippen LogP contribution in [0.4, 0.5) is 10.1 Å². The van der Waals surface area contributed by atoms with Gasteiger partial charge in [0.25, 0.3) is 5.69 Å². The highest BCUT2D eigenvalue weighted by molar-refractivity contribution is 7.89. The Balaban J connectivity index is 1.73. The quantitative estimate of drug-likeness (QED) is 0.609. The molecule has 0 spiro atoms. The van der Waals surface area contributed by atoms with Crippen molar-refractivity contribution < 1.29 is 22.6 Å². The van der Waals surface area contributed by atoms with Gasteiger partial charge in [0.2, 0.25) is 10.0 Å². The fourth-order valence-corrected chi connectivity index (χ4v) is 4.94. The summed E-state index contributed by atoms with van der Waals surface area (Å²) in [7, 11) is -3.81. The average Bonchev–Trinajstić information content (AvgIpc) is 2.64. The van der Waals surface area contributed by atoms with Crippen molar-refractivity contribution in [3.8, 4) is 0 Å². The predicted octanol–water partition coefficient (Wildman–Crippen LogP) is 1.13. The molecule has 27 heavy (non-hydrogen) atoms. The summed E-state index contributed by atoms with van der Waals surface area (Å²) in [5.74, 6) is -0.257. The van der Waals surface area contributed by atoms with Gasteiger partial charge in [-0.15, -0.1) is 0 Å². The normalized spacial score (nSPS) is 16.4. The van der Waals surface area contributed by atoms with Crippen LogP contribution in [-0.2, 0) is 16.6 Å². The zero-order valence-electron chi connectivity index (χ0n) is 14.9. The summed E-state index contributed by atoms with van der Waals surface area (Å²) in [6.45, 7) is 3.78. The molecule has 7 nitrogen and oxygen atoms in total. The molecular weight excluding hydrogens is 373 g/mol. The van der Waals surface area contributed by atoms with Gasteiger partial charge in [0, 0.05) is 17.7 Å². The van der Waals surface area contributed by atoms with E-state index in [9.17, 15) is 22.9 Å². The van der Waals surface area contributed by atoms with Crippen LogP contribution >= 0.6 is 0 Å². The first-order valence-corrected chi connectivity index (χ1v) is 10.0. The maximum absolute atomic E-state index is 13.8. The Hall–Kier alpha value is -2.36. The molecule has 3 rings (SSSR count). The van der Waals surface area contributed by atoms with Gasteiger partial charge in [-0.2, -0.15) is 4.31 Å². The third-order valence-corrected chi connectivity index (χ3v) is 6.87. The smallest absolute Gasteiger partial charge is 0.270 e. The molecule has 9 heteroatoms. The lowest BCUT2D eigenvalue weighted by Gasteiger charge is -2.31. The van der Waals surface area contributed by atoms with Crippen molar-refractivity contribution in [2.24, 2.45) is 0 Å². The summed E-state index contributed by atoms with van der Waals surface area (Å²) in [4.78, 5) is 11.4. The van der Waals surface area contributed by atoms with Gasteiger partial charge in [-0.1, -0.05) is 24.3 Å². The van der Waals surface area contributed by atoms with E-state index in [2.05, 4.69) is 0 Å². The third-order valence-electron chi connectivity index (χ3n) is 4.83. The standard InChI is InChI=1S/C18H20FN3O4S/c1-14-6-7-16(22(23)24)12-18(14)27(25,26)21-10-8-20(9-11-21)13-15-4-2-3-5-17(15)19/h2-7,12H,8-11,13H2,1H3/p+1. The van der Waals surface area contributed by atoms with E-state index in [0.29, 0.717) is 30.8 Å². The molecule has 0 aromatic heterocycles. The number of sulfonamides is 1. The van der Waals surface area contributed by atoms with Crippen LogP contribution in [0.2, 0.25) is 0 Å². The summed E-state index contributed by atoms with van der Waals surface area (Å²) in [5.41, 5.74) is 0.836. The number of benzene rings is 2. The van der Waals surface area contributed by atoms with Gasteiger partial charge in [-0.25, -0.2) is 12.8 Å². The highest BCUT2D eigenvalue weighted by Gasteiger charge is 2.32. The fraction of sp³-hybridized carbons (Fsp3) is 0.333. The molecular formula is C18H21FN3O4S+. The lowest BCUT2D eigenvalue weighted by atomic mass is 10.2. The number of nitro groups is 1. The average molecular weight is 394 g/mol. The molecule has 1 heterocycles. The number of non-ortho nitro benzene ring substituents is 1. The zero-order valence-corrected chi connectivity index (χ0v) is 15.7. The van der Waals surface area contributed by atoms with Crippen LogP contribution in [0.25, 0.3) is 0 Å². The summed E-state index contributed by atoms with van der Waals surface area (Å²) < 4.78 is 41.0. The Morgan fingerprint density at radius 1 is 1.19 bits per heavy atom. The monoisotopic (exact) mass is 394 g/mol. The molecule has 0 radical (unpaired) electrons. The third kappa shape index (κ3) is 4.15. The van der Waals surface area contributed by atoms with Crippen molar-refractivity contribution in [1.82, 2.24) is 4.31 Å². The number of nitro benzene ring substituents is 1. The highest BCUT2D eigenvalue weighted by atomic mass is 32.2. The van der Waals surface area contributed by atoms with Crippen molar-refractivity contribution in [3.05, 3.63) is 69.5 Å². The molecule has 1 aliphatic rings. The molecule has 0 amide bonds. The highest BCUT2D eigenvalue weighted by Crippen LogP contribution is 2.24. The number of halogens is 1. The number of hydrogen-bond donors (Lipinski definition) is 1. The van der Waals surface area contributed by atoms with E-state index in [1.807, 2.05) is 0 Å². The number of rotatable bonds is 5. The molecule has 2 aromatic rings. The number of nitrogens with zero attached hydrogens (tertiary/aromatic N) is 2. The van der Waals surface area contributed by atoms with Gasteiger partial charge in [-0.3, -0.25) is 10.1 Å². The van der Waals surface area contributed by atoms with Crippen LogP contribution in [0.1, 0.15) is 11.1 Å². The first-order valence-electron chi connectivity index (χ1n) is 8.61. The van der Waals surface area contributed by atoms with E-state index < -0.39 is 14.9 Å². The molecule has 1 saturated heterocycles. The number of hydrogen-bond acceptors (Lipinski definition) is 4. The molecule has 0 saturated carbocycles. The summed E-state index contributed by atoms with van der Waals surface area (Å²) in [5, 5.41) is 11.0. The van der Waals surface area contributed by atoms with Crippen LogP contribution in [0.5, 0.6) is 0 Å². The maximum atomic E-state index is 13.8. The molecule has 1 aliphatic heterocycles. The molecule has 0 aliphatic carbocycles. The Labute approximate surface area is 157 Å². The molecule has 0 atom stereocenters. The first-order chi connectivity index (χ1) is 12.8. The van der Waals surface area contributed by atoms with E-state index in [1.54, 1.807) is 25.1 Å². The minimum atomic E-state index is -3.81. The van der Waals surface area contributed by atoms with E-state index in [4.69, 9.17) is 0 Å². The minimum Gasteiger partial charge on any atom is -0.329 e. The topological polar surface area (TPSA) is 85.0 Å². The number of nitrogens with one attached hydrogen (secondary N) is 1. The summed E-state index contributed by atoms with van der Waals surface area (Å²) >= 11 is 0. The van der Waals surface area contributed by atoms with Crippen LogP contribution in [0, 0.1) is 22.9 Å². The molecule has 0 bridgehead atoms. The number of quaternary nitrogens is 1. The first kappa shape index (κ1) is 19.4. The van der Waals surface area contributed by atoms with Gasteiger partial charge >= 0.3 is 0 Å². The molecule has 1 N–H and O–H groups in total. The van der Waals surface area contributed by atoms with Crippen LogP contribution < -0.4 is 4.90 Å². The Kier molecular flexibility index (Phi) is 5.54. The second kappa shape index (κ2) is 7.71. The lowest BCUT2D eigenvalue weighted by molar-refractivity contribution is -0.917. The summed E-state index contributed by atoms with van der Waals surface area (Å²) in [6.07, 6.45) is 0. The molecule has 144 valence electrons. The Morgan fingerprint density at radius 2 is 1.85 bits per heavy atom. The van der Waals surface area contributed by atoms with Gasteiger partial charge in [0.05, 0.1) is 36.0 Å². The van der Waals surface area contributed by atoms with Crippen LogP contribution in [0.15, 0.2) is 47.4 Å². The minimum absolute atomic E-state index is 0.0331. The molecule has 1 fully saturated rings. The van der Waals surface area contributed by atoms with Crippen molar-refractivity contribution in [2.45, 2.75) is 18.4 Å². The summed E-state index contributed by atoms with van der Waals surface area (Å²) in [6, 6.07) is 10.4. The van der Waals surface area contributed by atoms with E-state index in [1.165, 1.54) is 22.5 Å². The van der Waals surface area contributed by atoms with E-state index in [0.717, 1.165) is 11.0 Å². The van der Waals surface area contributed by atoms with Crippen LogP contribution in [0.3, 0.4) is 0 Å². The van der Waals surface area contributed by atoms with E-state index in [-0.39, 0.29) is 29.5 Å². The second-order valence-electron chi connectivity index (χ2n) is 6.63. The lowest BCUT2D eigenvalue weighted by Crippen LogP contribution is -3.13. The van der Waals surface area contributed by atoms with Crippen molar-refractivity contribution in [1.29, 1.82) is 0 Å². The number of aryl methyl sites for hydroxylation is 1. The van der Waals surface area contributed by atoms with Gasteiger partial charge < -0.3 is 4.90 Å². The van der Waals surface area contributed by atoms with Gasteiger partial charge in [0.15, 0.2) is 0 Å². The zero-order chi connectivity index (χ0) is 19.6. The Morgan fingerprint density at radius 3 is 2.48 bits per heavy atom. The van der Waals surface area contributed by atoms with Crippen molar-refractivity contribution in [3.63, 3.8) is 0 Å². The van der Waals surface area contributed by atoms with Gasteiger partial charge in [-0.05, 0) is 18.6 Å². The Bertz CT molecular complexity index is 957.